The normalized spacial score (nSPS) is 11.8. The maximum absolute atomic E-state index is 11.8. The standard InChI is InChI=1S/C12H20N2O2S/c1-8(2)7-17(15,16)14-11-6-5-9(3)12(13)10(11)4/h5-6,8,14H,7,13H2,1-4H3. The third kappa shape index (κ3) is 3.63. The van der Waals surface area contributed by atoms with Crippen molar-refractivity contribution in [2.75, 3.05) is 16.2 Å². The molecule has 1 aromatic carbocycles. The van der Waals surface area contributed by atoms with Crippen LogP contribution in [-0.2, 0) is 10.0 Å². The number of rotatable bonds is 4. The highest BCUT2D eigenvalue weighted by Crippen LogP contribution is 2.25. The average molecular weight is 256 g/mol. The summed E-state index contributed by atoms with van der Waals surface area (Å²) in [6, 6.07) is 3.56. The van der Waals surface area contributed by atoms with E-state index in [1.54, 1.807) is 6.07 Å². The summed E-state index contributed by atoms with van der Waals surface area (Å²) in [6.45, 7) is 7.45. The van der Waals surface area contributed by atoms with Crippen LogP contribution in [0.2, 0.25) is 0 Å². The highest BCUT2D eigenvalue weighted by molar-refractivity contribution is 7.92. The number of nitrogens with one attached hydrogen (secondary N) is 1. The highest BCUT2D eigenvalue weighted by Gasteiger charge is 2.15. The Morgan fingerprint density at radius 2 is 1.88 bits per heavy atom. The molecule has 1 rings (SSSR count). The van der Waals surface area contributed by atoms with Crippen LogP contribution in [-0.4, -0.2) is 14.2 Å². The van der Waals surface area contributed by atoms with Crippen molar-refractivity contribution >= 4 is 21.4 Å². The van der Waals surface area contributed by atoms with E-state index >= 15 is 0 Å². The molecule has 1 aromatic rings. The predicted octanol–water partition coefficient (Wildman–Crippen LogP) is 2.28. The third-order valence-corrected chi connectivity index (χ3v) is 4.19. The SMILES string of the molecule is Cc1ccc(NS(=O)(=O)CC(C)C)c(C)c1N. The predicted molar refractivity (Wildman–Crippen MR) is 72.6 cm³/mol. The fourth-order valence-electron chi connectivity index (χ4n) is 1.62. The van der Waals surface area contributed by atoms with Crippen molar-refractivity contribution in [3.8, 4) is 0 Å². The molecule has 0 aliphatic rings. The minimum Gasteiger partial charge on any atom is -0.398 e. The first-order valence-electron chi connectivity index (χ1n) is 5.59. The van der Waals surface area contributed by atoms with E-state index in [-0.39, 0.29) is 11.7 Å². The molecule has 5 heteroatoms. The Balaban J connectivity index is 3.01. The van der Waals surface area contributed by atoms with Crippen LogP contribution in [0.3, 0.4) is 0 Å². The molecule has 0 aromatic heterocycles. The maximum Gasteiger partial charge on any atom is 0.232 e. The van der Waals surface area contributed by atoms with Gasteiger partial charge in [0.2, 0.25) is 10.0 Å². The number of hydrogen-bond donors (Lipinski definition) is 2. The van der Waals surface area contributed by atoms with Gasteiger partial charge in [0, 0.05) is 5.69 Å². The summed E-state index contributed by atoms with van der Waals surface area (Å²) in [5, 5.41) is 0. The zero-order valence-electron chi connectivity index (χ0n) is 10.7. The number of anilines is 2. The Morgan fingerprint density at radius 1 is 1.29 bits per heavy atom. The summed E-state index contributed by atoms with van der Waals surface area (Å²) >= 11 is 0. The Morgan fingerprint density at radius 3 is 2.41 bits per heavy atom. The Kier molecular flexibility index (Phi) is 4.03. The molecule has 0 spiro atoms. The lowest BCUT2D eigenvalue weighted by molar-refractivity contribution is 0.587. The van der Waals surface area contributed by atoms with Gasteiger partial charge in [0.1, 0.15) is 0 Å². The van der Waals surface area contributed by atoms with Gasteiger partial charge >= 0.3 is 0 Å². The molecular formula is C12H20N2O2S. The Labute approximate surface area is 103 Å². The van der Waals surface area contributed by atoms with Crippen molar-refractivity contribution in [3.63, 3.8) is 0 Å². The number of nitrogen functional groups attached to an aromatic ring is 1. The molecule has 0 saturated carbocycles. The average Bonchev–Trinajstić information content (AvgIpc) is 2.17. The van der Waals surface area contributed by atoms with E-state index in [1.807, 2.05) is 33.8 Å². The Bertz CT molecular complexity index is 507. The third-order valence-electron chi connectivity index (χ3n) is 2.55. The lowest BCUT2D eigenvalue weighted by Crippen LogP contribution is -2.20. The van der Waals surface area contributed by atoms with Crippen LogP contribution in [0.5, 0.6) is 0 Å². The minimum absolute atomic E-state index is 0.0931. The molecular weight excluding hydrogens is 236 g/mol. The van der Waals surface area contributed by atoms with E-state index < -0.39 is 10.0 Å². The summed E-state index contributed by atoms with van der Waals surface area (Å²) in [5.74, 6) is 0.204. The number of hydrogen-bond acceptors (Lipinski definition) is 3. The lowest BCUT2D eigenvalue weighted by atomic mass is 10.1. The second-order valence-corrected chi connectivity index (χ2v) is 6.51. The summed E-state index contributed by atoms with van der Waals surface area (Å²) in [6.07, 6.45) is 0. The monoisotopic (exact) mass is 256 g/mol. The second kappa shape index (κ2) is 4.96. The van der Waals surface area contributed by atoms with Crippen molar-refractivity contribution in [2.24, 2.45) is 5.92 Å². The molecule has 0 saturated heterocycles. The molecule has 96 valence electrons. The van der Waals surface area contributed by atoms with Gasteiger partial charge in [-0.05, 0) is 37.0 Å². The molecule has 0 radical (unpaired) electrons. The minimum atomic E-state index is -3.29. The van der Waals surface area contributed by atoms with Gasteiger partial charge in [-0.3, -0.25) is 4.72 Å². The summed E-state index contributed by atoms with van der Waals surface area (Å²) in [7, 11) is -3.29. The maximum atomic E-state index is 11.8. The fraction of sp³-hybridized carbons (Fsp3) is 0.500. The van der Waals surface area contributed by atoms with Crippen LogP contribution in [0.1, 0.15) is 25.0 Å². The van der Waals surface area contributed by atoms with Crippen molar-refractivity contribution in [2.45, 2.75) is 27.7 Å². The number of nitrogens with two attached hydrogens (primary N) is 1. The van der Waals surface area contributed by atoms with Crippen molar-refractivity contribution in [1.29, 1.82) is 0 Å². The molecule has 4 nitrogen and oxygen atoms in total. The molecule has 0 aliphatic carbocycles. The van der Waals surface area contributed by atoms with Crippen LogP contribution >= 0.6 is 0 Å². The van der Waals surface area contributed by atoms with Crippen LogP contribution in [0, 0.1) is 19.8 Å². The number of sulfonamides is 1. The molecule has 0 unspecified atom stereocenters. The summed E-state index contributed by atoms with van der Waals surface area (Å²) in [5.41, 5.74) is 8.79. The summed E-state index contributed by atoms with van der Waals surface area (Å²) < 4.78 is 26.2. The number of aryl methyl sites for hydroxylation is 1. The fourth-order valence-corrected chi connectivity index (χ4v) is 3.14. The quantitative estimate of drug-likeness (QED) is 0.812. The molecule has 17 heavy (non-hydrogen) atoms. The lowest BCUT2D eigenvalue weighted by Gasteiger charge is -2.14. The van der Waals surface area contributed by atoms with Crippen LogP contribution in [0.15, 0.2) is 12.1 Å². The van der Waals surface area contributed by atoms with Gasteiger partial charge in [0.25, 0.3) is 0 Å². The van der Waals surface area contributed by atoms with E-state index in [9.17, 15) is 8.42 Å². The molecule has 0 atom stereocenters. The van der Waals surface area contributed by atoms with E-state index in [4.69, 9.17) is 5.73 Å². The Hall–Kier alpha value is -1.23. The molecule has 3 N–H and O–H groups in total. The van der Waals surface area contributed by atoms with Crippen LogP contribution in [0.4, 0.5) is 11.4 Å². The molecule has 0 aliphatic heterocycles. The van der Waals surface area contributed by atoms with Gasteiger partial charge in [0.15, 0.2) is 0 Å². The topological polar surface area (TPSA) is 72.2 Å². The largest absolute Gasteiger partial charge is 0.398 e. The van der Waals surface area contributed by atoms with Crippen molar-refractivity contribution in [3.05, 3.63) is 23.3 Å². The first-order chi connectivity index (χ1) is 7.73. The smallest absolute Gasteiger partial charge is 0.232 e. The first kappa shape index (κ1) is 13.8. The van der Waals surface area contributed by atoms with Crippen LogP contribution < -0.4 is 10.5 Å². The van der Waals surface area contributed by atoms with Gasteiger partial charge in [-0.1, -0.05) is 19.9 Å². The zero-order chi connectivity index (χ0) is 13.2. The van der Waals surface area contributed by atoms with Gasteiger partial charge in [-0.15, -0.1) is 0 Å². The van der Waals surface area contributed by atoms with Crippen LogP contribution in [0.25, 0.3) is 0 Å². The van der Waals surface area contributed by atoms with E-state index in [1.165, 1.54) is 0 Å². The molecule has 0 fully saturated rings. The second-order valence-electron chi connectivity index (χ2n) is 4.75. The van der Waals surface area contributed by atoms with Gasteiger partial charge in [-0.25, -0.2) is 8.42 Å². The van der Waals surface area contributed by atoms with E-state index in [0.29, 0.717) is 11.4 Å². The van der Waals surface area contributed by atoms with Crippen molar-refractivity contribution < 1.29 is 8.42 Å². The van der Waals surface area contributed by atoms with Gasteiger partial charge < -0.3 is 5.73 Å². The first-order valence-corrected chi connectivity index (χ1v) is 7.24. The van der Waals surface area contributed by atoms with Gasteiger partial charge in [-0.2, -0.15) is 0 Å². The van der Waals surface area contributed by atoms with E-state index in [0.717, 1.165) is 11.1 Å². The molecule has 0 bridgehead atoms. The van der Waals surface area contributed by atoms with E-state index in [2.05, 4.69) is 4.72 Å². The molecule has 0 amide bonds. The zero-order valence-corrected chi connectivity index (χ0v) is 11.6. The van der Waals surface area contributed by atoms with Gasteiger partial charge in [0.05, 0.1) is 11.4 Å². The van der Waals surface area contributed by atoms with Crippen molar-refractivity contribution in [1.82, 2.24) is 0 Å². The molecule has 0 heterocycles. The highest BCUT2D eigenvalue weighted by atomic mass is 32.2. The number of benzene rings is 1. The summed E-state index contributed by atoms with van der Waals surface area (Å²) in [4.78, 5) is 0.